The van der Waals surface area contributed by atoms with Crippen LogP contribution in [0.2, 0.25) is 0 Å². The van der Waals surface area contributed by atoms with E-state index in [2.05, 4.69) is 17.4 Å². The van der Waals surface area contributed by atoms with Crippen molar-refractivity contribution < 1.29 is 18.3 Å². The number of rotatable bonds is 1. The van der Waals surface area contributed by atoms with Crippen LogP contribution in [0.1, 0.15) is 0 Å². The first-order valence-electron chi connectivity index (χ1n) is 1.65. The summed E-state index contributed by atoms with van der Waals surface area (Å²) in [5, 5.41) is -3.77. The Labute approximate surface area is 50.2 Å². The predicted octanol–water partition coefficient (Wildman–Crippen LogP) is 0.950. The van der Waals surface area contributed by atoms with Gasteiger partial charge in [-0.1, -0.05) is 0 Å². The highest BCUT2D eigenvalue weighted by Crippen LogP contribution is 2.18. The Balaban J connectivity index is 3.82. The van der Waals surface area contributed by atoms with Gasteiger partial charge in [0.05, 0.1) is 7.11 Å². The highest BCUT2D eigenvalue weighted by molar-refractivity contribution is 7.82. The Bertz CT molecular complexity index is 97.9. The average molecular weight is 141 g/mol. The van der Waals surface area contributed by atoms with Crippen molar-refractivity contribution >= 4 is 18.6 Å². The molecular formula is C3H3F2O2S. The second-order valence-electron chi connectivity index (χ2n) is 1.01. The van der Waals surface area contributed by atoms with Gasteiger partial charge in [-0.3, -0.25) is 0 Å². The summed E-state index contributed by atoms with van der Waals surface area (Å²) in [4.78, 5) is 9.76. The average Bonchev–Trinajstić information content (AvgIpc) is 1.62. The zero-order valence-electron chi connectivity index (χ0n) is 3.98. The molecule has 0 saturated carbocycles. The van der Waals surface area contributed by atoms with Crippen molar-refractivity contribution in [3.05, 3.63) is 0 Å². The molecule has 0 saturated heterocycles. The number of hydrogen-bond acceptors (Lipinski definition) is 2. The van der Waals surface area contributed by atoms with Gasteiger partial charge in [0.25, 0.3) is 0 Å². The van der Waals surface area contributed by atoms with E-state index in [0.29, 0.717) is 0 Å². The molecule has 0 aliphatic carbocycles. The molecule has 0 spiro atoms. The fourth-order valence-corrected chi connectivity index (χ4v) is 0.202. The molecule has 0 fully saturated rings. The number of carbonyl (C=O) groups excluding carboxylic acids is 1. The molecular weight excluding hydrogens is 138 g/mol. The zero-order valence-corrected chi connectivity index (χ0v) is 4.80. The zero-order chi connectivity index (χ0) is 6.78. The first-order valence-corrected chi connectivity index (χ1v) is 2.06. The topological polar surface area (TPSA) is 26.3 Å². The molecule has 47 valence electrons. The quantitative estimate of drug-likeness (QED) is 0.508. The third-order valence-electron chi connectivity index (χ3n) is 0.423. The third kappa shape index (κ3) is 2.11. The fourth-order valence-electron chi connectivity index (χ4n) is 0.119. The van der Waals surface area contributed by atoms with Crippen molar-refractivity contribution in [2.24, 2.45) is 0 Å². The smallest absolute Gasteiger partial charge is 0.398 e. The lowest BCUT2D eigenvalue weighted by atomic mass is 10.7. The lowest BCUT2D eigenvalue weighted by Crippen LogP contribution is -2.22. The molecule has 2 nitrogen and oxygen atoms in total. The number of carbonyl (C=O) groups is 1. The molecule has 0 aromatic rings. The monoisotopic (exact) mass is 141 g/mol. The Morgan fingerprint density at radius 1 is 1.75 bits per heavy atom. The molecule has 0 aromatic carbocycles. The van der Waals surface area contributed by atoms with Crippen LogP contribution in [-0.2, 0) is 9.53 Å². The second kappa shape index (κ2) is 2.30. The van der Waals surface area contributed by atoms with Gasteiger partial charge in [-0.05, 0) is 12.6 Å². The van der Waals surface area contributed by atoms with Gasteiger partial charge in [0, 0.05) is 0 Å². The number of halogens is 2. The van der Waals surface area contributed by atoms with Gasteiger partial charge in [0.1, 0.15) is 0 Å². The number of esters is 1. The molecule has 1 radical (unpaired) electrons. The van der Waals surface area contributed by atoms with E-state index in [-0.39, 0.29) is 0 Å². The molecule has 0 heterocycles. The molecule has 0 amide bonds. The Kier molecular flexibility index (Phi) is 2.21. The van der Waals surface area contributed by atoms with Crippen LogP contribution in [0.15, 0.2) is 0 Å². The molecule has 5 heteroatoms. The van der Waals surface area contributed by atoms with E-state index in [4.69, 9.17) is 0 Å². The van der Waals surface area contributed by atoms with Crippen LogP contribution < -0.4 is 0 Å². The molecule has 0 unspecified atom stereocenters. The standard InChI is InChI=1S/C3H3F2O2S/c1-7-2(6)3(4,5)8/h1H3. The highest BCUT2D eigenvalue weighted by Gasteiger charge is 2.36. The second-order valence-corrected chi connectivity index (χ2v) is 1.52. The molecule has 0 rings (SSSR count). The van der Waals surface area contributed by atoms with Crippen molar-refractivity contribution in [2.45, 2.75) is 5.25 Å². The summed E-state index contributed by atoms with van der Waals surface area (Å²) >= 11 is 3.40. The summed E-state index contributed by atoms with van der Waals surface area (Å²) < 4.78 is 26.5. The first kappa shape index (κ1) is 7.68. The molecule has 0 aromatic heterocycles. The number of hydrogen-bond donors (Lipinski definition) is 0. The lowest BCUT2D eigenvalue weighted by Gasteiger charge is -2.02. The maximum atomic E-state index is 11.5. The third-order valence-corrected chi connectivity index (χ3v) is 0.590. The van der Waals surface area contributed by atoms with Crippen LogP contribution in [0, 0.1) is 0 Å². The van der Waals surface area contributed by atoms with Gasteiger partial charge in [0.2, 0.25) is 0 Å². The predicted molar refractivity (Wildman–Crippen MR) is 24.6 cm³/mol. The van der Waals surface area contributed by atoms with E-state index in [1.54, 1.807) is 0 Å². The molecule has 0 atom stereocenters. The van der Waals surface area contributed by atoms with Crippen LogP contribution in [0.4, 0.5) is 8.78 Å². The van der Waals surface area contributed by atoms with Gasteiger partial charge in [0.15, 0.2) is 0 Å². The van der Waals surface area contributed by atoms with E-state index in [9.17, 15) is 13.6 Å². The van der Waals surface area contributed by atoms with Crippen molar-refractivity contribution in [3.63, 3.8) is 0 Å². The maximum Gasteiger partial charge on any atom is 0.398 e. The van der Waals surface area contributed by atoms with E-state index in [0.717, 1.165) is 7.11 Å². The Hall–Kier alpha value is -0.320. The summed E-state index contributed by atoms with van der Waals surface area (Å²) in [6.07, 6.45) is 0. The van der Waals surface area contributed by atoms with E-state index < -0.39 is 11.2 Å². The number of methoxy groups -OCH3 is 1. The molecule has 0 N–H and O–H groups in total. The molecule has 0 bridgehead atoms. The van der Waals surface area contributed by atoms with Gasteiger partial charge >= 0.3 is 11.2 Å². The van der Waals surface area contributed by atoms with E-state index in [1.807, 2.05) is 0 Å². The largest absolute Gasteiger partial charge is 0.464 e. The SMILES string of the molecule is COC(=O)C(F)(F)[S]. The van der Waals surface area contributed by atoms with E-state index >= 15 is 0 Å². The first-order chi connectivity index (χ1) is 3.48. The highest BCUT2D eigenvalue weighted by atomic mass is 32.1. The minimum absolute atomic E-state index is 0.850. The summed E-state index contributed by atoms with van der Waals surface area (Å²) in [7, 11) is 0.850. The summed E-state index contributed by atoms with van der Waals surface area (Å²) in [6, 6.07) is 0. The van der Waals surface area contributed by atoms with Crippen molar-refractivity contribution in [2.75, 3.05) is 7.11 Å². The molecule has 0 aliphatic rings. The normalized spacial score (nSPS) is 11.0. The number of ether oxygens (including phenoxy) is 1. The van der Waals surface area contributed by atoms with Gasteiger partial charge in [-0.25, -0.2) is 4.79 Å². The number of alkyl halides is 2. The van der Waals surface area contributed by atoms with Gasteiger partial charge in [-0.2, -0.15) is 8.78 Å². The van der Waals surface area contributed by atoms with Gasteiger partial charge < -0.3 is 4.74 Å². The molecule has 0 aliphatic heterocycles. The van der Waals surface area contributed by atoms with E-state index in [1.165, 1.54) is 0 Å². The van der Waals surface area contributed by atoms with Crippen LogP contribution >= 0.6 is 12.6 Å². The van der Waals surface area contributed by atoms with Crippen LogP contribution in [0.3, 0.4) is 0 Å². The van der Waals surface area contributed by atoms with Crippen molar-refractivity contribution in [1.82, 2.24) is 0 Å². The Morgan fingerprint density at radius 3 is 2.12 bits per heavy atom. The fraction of sp³-hybridized carbons (Fsp3) is 0.667. The lowest BCUT2D eigenvalue weighted by molar-refractivity contribution is -0.156. The molecule has 8 heavy (non-hydrogen) atoms. The van der Waals surface area contributed by atoms with Crippen molar-refractivity contribution in [1.29, 1.82) is 0 Å². The summed E-state index contributed by atoms with van der Waals surface area (Å²) in [5.41, 5.74) is 0. The minimum Gasteiger partial charge on any atom is -0.464 e. The minimum atomic E-state index is -3.77. The van der Waals surface area contributed by atoms with Crippen LogP contribution in [0.5, 0.6) is 0 Å². The Morgan fingerprint density at radius 2 is 2.12 bits per heavy atom. The maximum absolute atomic E-state index is 11.5. The van der Waals surface area contributed by atoms with Gasteiger partial charge in [-0.15, -0.1) is 0 Å². The summed E-state index contributed by atoms with van der Waals surface area (Å²) in [5.74, 6) is -1.69. The van der Waals surface area contributed by atoms with Crippen LogP contribution in [-0.4, -0.2) is 18.3 Å². The van der Waals surface area contributed by atoms with Crippen LogP contribution in [0.25, 0.3) is 0 Å². The van der Waals surface area contributed by atoms with Crippen molar-refractivity contribution in [3.8, 4) is 0 Å². The summed E-state index contributed by atoms with van der Waals surface area (Å²) in [6.45, 7) is 0.